The van der Waals surface area contributed by atoms with E-state index in [-0.39, 0.29) is 16.9 Å². The predicted octanol–water partition coefficient (Wildman–Crippen LogP) is 5.39. The van der Waals surface area contributed by atoms with E-state index in [1.807, 2.05) is 19.9 Å². The molecule has 1 atom stereocenters. The number of aliphatic hydroxyl groups is 1. The number of halogens is 1. The molecule has 2 aliphatic rings. The van der Waals surface area contributed by atoms with Gasteiger partial charge in [-0.25, -0.2) is 4.39 Å². The van der Waals surface area contributed by atoms with Crippen molar-refractivity contribution in [2.24, 2.45) is 0 Å². The smallest absolute Gasteiger partial charge is 0.300 e. The lowest BCUT2D eigenvalue weighted by molar-refractivity contribution is -0.132. The lowest BCUT2D eigenvalue weighted by Crippen LogP contribution is -2.30. The number of benzene rings is 3. The van der Waals surface area contributed by atoms with Crippen molar-refractivity contribution in [2.45, 2.75) is 32.7 Å². The van der Waals surface area contributed by atoms with Crippen LogP contribution in [0.25, 0.3) is 5.76 Å². The largest absolute Gasteiger partial charge is 0.507 e. The van der Waals surface area contributed by atoms with Crippen LogP contribution in [0.2, 0.25) is 0 Å². The maximum Gasteiger partial charge on any atom is 0.300 e. The zero-order chi connectivity index (χ0) is 24.0. The van der Waals surface area contributed by atoms with Crippen LogP contribution < -0.4 is 9.64 Å². The van der Waals surface area contributed by atoms with Crippen molar-refractivity contribution in [1.29, 1.82) is 0 Å². The van der Waals surface area contributed by atoms with Gasteiger partial charge in [-0.15, -0.1) is 0 Å². The summed E-state index contributed by atoms with van der Waals surface area (Å²) < 4.78 is 20.7. The zero-order valence-corrected chi connectivity index (χ0v) is 19.0. The summed E-state index contributed by atoms with van der Waals surface area (Å²) in [5.74, 6) is -1.80. The Morgan fingerprint density at radius 2 is 1.82 bits per heavy atom. The number of rotatable bonds is 3. The number of anilines is 1. The van der Waals surface area contributed by atoms with Gasteiger partial charge in [0, 0.05) is 16.8 Å². The topological polar surface area (TPSA) is 66.8 Å². The number of carbonyl (C=O) groups is 2. The van der Waals surface area contributed by atoms with Crippen LogP contribution in [0, 0.1) is 19.7 Å². The number of ether oxygens (including phenoxy) is 1. The van der Waals surface area contributed by atoms with E-state index >= 15 is 4.39 Å². The van der Waals surface area contributed by atoms with Gasteiger partial charge in [-0.1, -0.05) is 24.3 Å². The van der Waals surface area contributed by atoms with Gasteiger partial charge in [0.2, 0.25) is 0 Å². The van der Waals surface area contributed by atoms with Crippen LogP contribution in [0.1, 0.15) is 40.3 Å². The van der Waals surface area contributed by atoms with Gasteiger partial charge < -0.3 is 9.84 Å². The van der Waals surface area contributed by atoms with Crippen LogP contribution in [0.4, 0.5) is 10.1 Å². The summed E-state index contributed by atoms with van der Waals surface area (Å²) in [6.07, 6.45) is 1.63. The first-order valence-corrected chi connectivity index (χ1v) is 11.3. The molecule has 2 heterocycles. The Balaban J connectivity index is 1.72. The quantitative estimate of drug-likeness (QED) is 0.325. The molecule has 1 unspecified atom stereocenters. The Morgan fingerprint density at radius 1 is 1.03 bits per heavy atom. The van der Waals surface area contributed by atoms with Crippen LogP contribution in [0.15, 0.2) is 66.2 Å². The third-order valence-electron chi connectivity index (χ3n) is 6.59. The molecule has 5 rings (SSSR count). The Hall–Kier alpha value is -3.93. The molecule has 1 fully saturated rings. The SMILES string of the molecule is Cc1ccc(N2C(=O)C(=O)/C(=C(/O)c3ccc4c(c3)CCCO4)C2c2ccccc2F)cc1C. The van der Waals surface area contributed by atoms with Crippen LogP contribution in [-0.4, -0.2) is 23.4 Å². The minimum Gasteiger partial charge on any atom is -0.507 e. The first-order chi connectivity index (χ1) is 16.4. The maximum atomic E-state index is 15.0. The molecule has 172 valence electrons. The molecule has 5 nitrogen and oxygen atoms in total. The minimum atomic E-state index is -1.10. The Bertz CT molecular complexity index is 1360. The van der Waals surface area contributed by atoms with Crippen molar-refractivity contribution in [2.75, 3.05) is 11.5 Å². The number of aryl methyl sites for hydroxylation is 3. The molecular weight excluding hydrogens is 433 g/mol. The minimum absolute atomic E-state index is 0.134. The second-order valence-corrected chi connectivity index (χ2v) is 8.73. The molecule has 3 aromatic carbocycles. The summed E-state index contributed by atoms with van der Waals surface area (Å²) in [6.45, 7) is 4.48. The summed E-state index contributed by atoms with van der Waals surface area (Å²) in [7, 11) is 0. The summed E-state index contributed by atoms with van der Waals surface area (Å²) in [6, 6.07) is 15.5. The number of amides is 1. The van der Waals surface area contributed by atoms with E-state index in [0.29, 0.717) is 17.9 Å². The predicted molar refractivity (Wildman–Crippen MR) is 127 cm³/mol. The number of fused-ring (bicyclic) bond motifs is 1. The Morgan fingerprint density at radius 3 is 2.59 bits per heavy atom. The maximum absolute atomic E-state index is 15.0. The van der Waals surface area contributed by atoms with E-state index in [2.05, 4.69) is 0 Å². The number of carbonyl (C=O) groups excluding carboxylic acids is 2. The number of Topliss-reactive ketones (excluding diaryl/α,β-unsaturated/α-hetero) is 1. The molecule has 0 saturated carbocycles. The number of ketones is 1. The van der Waals surface area contributed by atoms with Crippen molar-refractivity contribution < 1.29 is 23.8 Å². The molecule has 1 N–H and O–H groups in total. The van der Waals surface area contributed by atoms with Crippen LogP contribution in [-0.2, 0) is 16.0 Å². The number of aliphatic hydroxyl groups excluding tert-OH is 1. The van der Waals surface area contributed by atoms with Crippen molar-refractivity contribution in [3.8, 4) is 5.75 Å². The highest BCUT2D eigenvalue weighted by Crippen LogP contribution is 2.43. The molecule has 0 radical (unpaired) electrons. The fourth-order valence-electron chi connectivity index (χ4n) is 4.63. The van der Waals surface area contributed by atoms with Crippen LogP contribution in [0.5, 0.6) is 5.75 Å². The van der Waals surface area contributed by atoms with Gasteiger partial charge >= 0.3 is 0 Å². The molecule has 1 saturated heterocycles. The lowest BCUT2D eigenvalue weighted by Gasteiger charge is -2.26. The third-order valence-corrected chi connectivity index (χ3v) is 6.59. The second-order valence-electron chi connectivity index (χ2n) is 8.73. The van der Waals surface area contributed by atoms with Crippen molar-refractivity contribution in [1.82, 2.24) is 0 Å². The molecule has 6 heteroatoms. The highest BCUT2D eigenvalue weighted by molar-refractivity contribution is 6.51. The lowest BCUT2D eigenvalue weighted by atomic mass is 9.93. The molecular formula is C28H24FNO4. The van der Waals surface area contributed by atoms with Gasteiger partial charge in [-0.2, -0.15) is 0 Å². The summed E-state index contributed by atoms with van der Waals surface area (Å²) in [4.78, 5) is 27.8. The standard InChI is InChI=1S/C28H24FNO4/c1-16-9-11-20(14-17(16)2)30-25(21-7-3-4-8-22(21)29)24(27(32)28(30)33)26(31)19-10-12-23-18(15-19)6-5-13-34-23/h3-4,7-12,14-15,25,31H,5-6,13H2,1-2H3/b26-24+. The molecule has 3 aromatic rings. The van der Waals surface area contributed by atoms with Gasteiger partial charge in [0.15, 0.2) is 0 Å². The monoisotopic (exact) mass is 457 g/mol. The van der Waals surface area contributed by atoms with Crippen molar-refractivity contribution >= 4 is 23.1 Å². The normalized spacial score (nSPS) is 19.1. The highest BCUT2D eigenvalue weighted by atomic mass is 19.1. The average molecular weight is 458 g/mol. The van der Waals surface area contributed by atoms with E-state index in [9.17, 15) is 14.7 Å². The van der Waals surface area contributed by atoms with Gasteiger partial charge in [-0.3, -0.25) is 14.5 Å². The van der Waals surface area contributed by atoms with E-state index in [0.717, 1.165) is 35.3 Å². The fourth-order valence-corrected chi connectivity index (χ4v) is 4.63. The fraction of sp³-hybridized carbons (Fsp3) is 0.214. The summed E-state index contributed by atoms with van der Waals surface area (Å²) in [5, 5.41) is 11.3. The van der Waals surface area contributed by atoms with E-state index in [1.165, 1.54) is 17.0 Å². The van der Waals surface area contributed by atoms with Crippen molar-refractivity contribution in [3.63, 3.8) is 0 Å². The number of hydrogen-bond donors (Lipinski definition) is 1. The molecule has 2 aliphatic heterocycles. The van der Waals surface area contributed by atoms with E-state index in [4.69, 9.17) is 4.74 Å². The molecule has 0 bridgehead atoms. The second kappa shape index (κ2) is 8.45. The van der Waals surface area contributed by atoms with E-state index < -0.39 is 23.5 Å². The number of hydrogen-bond acceptors (Lipinski definition) is 4. The zero-order valence-electron chi connectivity index (χ0n) is 19.0. The average Bonchev–Trinajstić information content (AvgIpc) is 3.10. The molecule has 34 heavy (non-hydrogen) atoms. The summed E-state index contributed by atoms with van der Waals surface area (Å²) in [5.41, 5.74) is 3.74. The van der Waals surface area contributed by atoms with Gasteiger partial charge in [0.05, 0.1) is 18.2 Å². The van der Waals surface area contributed by atoms with E-state index in [1.54, 1.807) is 42.5 Å². The van der Waals surface area contributed by atoms with Gasteiger partial charge in [-0.05, 0) is 79.8 Å². The molecule has 0 spiro atoms. The Kier molecular flexibility index (Phi) is 5.44. The van der Waals surface area contributed by atoms with Crippen molar-refractivity contribution in [3.05, 3.63) is 99.9 Å². The third kappa shape index (κ3) is 3.55. The molecule has 0 aliphatic carbocycles. The highest BCUT2D eigenvalue weighted by Gasteiger charge is 2.47. The first-order valence-electron chi connectivity index (χ1n) is 11.3. The molecule has 1 amide bonds. The molecule has 0 aromatic heterocycles. The number of nitrogens with zero attached hydrogens (tertiary/aromatic N) is 1. The van der Waals surface area contributed by atoms with Crippen LogP contribution in [0.3, 0.4) is 0 Å². The summed E-state index contributed by atoms with van der Waals surface area (Å²) >= 11 is 0. The van der Waals surface area contributed by atoms with Gasteiger partial charge in [0.25, 0.3) is 11.7 Å². The van der Waals surface area contributed by atoms with Crippen LogP contribution >= 0.6 is 0 Å². The van der Waals surface area contributed by atoms with Gasteiger partial charge in [0.1, 0.15) is 17.3 Å². The Labute approximate surface area is 197 Å². The first kappa shape index (κ1) is 21.9.